The Hall–Kier alpha value is -1.02. The van der Waals surface area contributed by atoms with Gasteiger partial charge in [0.1, 0.15) is 5.75 Å². The van der Waals surface area contributed by atoms with E-state index in [1.807, 2.05) is 6.07 Å². The Morgan fingerprint density at radius 3 is 2.05 bits per heavy atom. The summed E-state index contributed by atoms with van der Waals surface area (Å²) >= 11 is 0. The van der Waals surface area contributed by atoms with E-state index in [1.54, 1.807) is 7.11 Å². The van der Waals surface area contributed by atoms with E-state index < -0.39 is 0 Å². The highest BCUT2D eigenvalue weighted by Crippen LogP contribution is 2.54. The molecule has 1 fully saturated rings. The van der Waals surface area contributed by atoms with Crippen LogP contribution in [0.3, 0.4) is 0 Å². The normalized spacial score (nSPS) is 23.4. The molecule has 1 aliphatic carbocycles. The van der Waals surface area contributed by atoms with Gasteiger partial charge in [0.25, 0.3) is 0 Å². The second-order valence-corrected chi connectivity index (χ2v) is 8.22. The van der Waals surface area contributed by atoms with Crippen LogP contribution in [0.4, 0.5) is 0 Å². The van der Waals surface area contributed by atoms with E-state index in [2.05, 4.69) is 46.8 Å². The Bertz CT molecular complexity index is 486. The first-order valence-electron chi connectivity index (χ1n) is 7.51. The molecule has 0 atom stereocenters. The van der Waals surface area contributed by atoms with Gasteiger partial charge in [0.2, 0.25) is 0 Å². The fourth-order valence-corrected chi connectivity index (χ4v) is 4.59. The molecule has 2 nitrogen and oxygen atoms in total. The molecule has 1 aromatic rings. The number of ether oxygens (including phenoxy) is 1. The summed E-state index contributed by atoms with van der Waals surface area (Å²) in [6.07, 6.45) is 3.22. The lowest BCUT2D eigenvalue weighted by molar-refractivity contribution is 0.0459. The Kier molecular flexibility index (Phi) is 3.66. The molecule has 1 saturated carbocycles. The molecule has 1 aliphatic rings. The van der Waals surface area contributed by atoms with E-state index >= 15 is 0 Å². The summed E-state index contributed by atoms with van der Waals surface area (Å²) in [4.78, 5) is 0. The lowest BCUT2D eigenvalue weighted by atomic mass is 9.57. The summed E-state index contributed by atoms with van der Waals surface area (Å²) < 4.78 is 5.58. The SMILES string of the molecule is COc1ccc(C)cc1C1(N)CC(C)(C)CC(C)(C)C1. The van der Waals surface area contributed by atoms with Crippen LogP contribution in [0.25, 0.3) is 0 Å². The smallest absolute Gasteiger partial charge is 0.123 e. The molecule has 2 heteroatoms. The van der Waals surface area contributed by atoms with E-state index in [-0.39, 0.29) is 16.4 Å². The van der Waals surface area contributed by atoms with Crippen LogP contribution in [0.1, 0.15) is 58.1 Å². The highest BCUT2D eigenvalue weighted by molar-refractivity contribution is 5.42. The lowest BCUT2D eigenvalue weighted by Gasteiger charge is -2.51. The van der Waals surface area contributed by atoms with E-state index in [0.717, 1.165) is 18.6 Å². The zero-order valence-corrected chi connectivity index (χ0v) is 13.8. The van der Waals surface area contributed by atoms with Crippen LogP contribution >= 0.6 is 0 Å². The topological polar surface area (TPSA) is 35.2 Å². The monoisotopic (exact) mass is 275 g/mol. The number of benzene rings is 1. The second-order valence-electron chi connectivity index (χ2n) is 8.22. The van der Waals surface area contributed by atoms with Gasteiger partial charge in [-0.05, 0) is 43.1 Å². The third-order valence-corrected chi connectivity index (χ3v) is 4.44. The van der Waals surface area contributed by atoms with Crippen LogP contribution in [0.5, 0.6) is 5.75 Å². The van der Waals surface area contributed by atoms with Gasteiger partial charge in [-0.25, -0.2) is 0 Å². The molecule has 2 rings (SSSR count). The van der Waals surface area contributed by atoms with Crippen LogP contribution < -0.4 is 10.5 Å². The maximum Gasteiger partial charge on any atom is 0.123 e. The zero-order valence-electron chi connectivity index (χ0n) is 13.8. The Labute approximate surface area is 123 Å². The second kappa shape index (κ2) is 4.77. The van der Waals surface area contributed by atoms with Gasteiger partial charge in [-0.15, -0.1) is 0 Å². The summed E-state index contributed by atoms with van der Waals surface area (Å²) in [5.74, 6) is 0.923. The Morgan fingerprint density at radius 1 is 1.00 bits per heavy atom. The number of methoxy groups -OCH3 is 1. The van der Waals surface area contributed by atoms with E-state index in [0.29, 0.717) is 0 Å². The standard InChI is InChI=1S/C18H29NO/c1-13-7-8-15(20-6)14(9-13)18(19)11-16(2,3)10-17(4,5)12-18/h7-9H,10-12,19H2,1-6H3. The molecular weight excluding hydrogens is 246 g/mol. The van der Waals surface area contributed by atoms with Gasteiger partial charge in [-0.3, -0.25) is 0 Å². The van der Waals surface area contributed by atoms with Gasteiger partial charge in [0.05, 0.1) is 7.11 Å². The Morgan fingerprint density at radius 2 is 1.55 bits per heavy atom. The largest absolute Gasteiger partial charge is 0.496 e. The summed E-state index contributed by atoms with van der Waals surface area (Å²) in [6.45, 7) is 11.4. The van der Waals surface area contributed by atoms with Gasteiger partial charge in [0, 0.05) is 11.1 Å². The van der Waals surface area contributed by atoms with Crippen LogP contribution in [-0.4, -0.2) is 7.11 Å². The zero-order chi connectivity index (χ0) is 15.2. The predicted molar refractivity (Wildman–Crippen MR) is 85.0 cm³/mol. The van der Waals surface area contributed by atoms with E-state index in [1.165, 1.54) is 17.5 Å². The number of hydrogen-bond donors (Lipinski definition) is 1. The summed E-state index contributed by atoms with van der Waals surface area (Å²) in [5.41, 5.74) is 9.51. The van der Waals surface area contributed by atoms with Gasteiger partial charge in [-0.2, -0.15) is 0 Å². The first kappa shape index (κ1) is 15.4. The molecule has 0 saturated heterocycles. The predicted octanol–water partition coefficient (Wildman–Crippen LogP) is 4.39. The molecule has 1 aromatic carbocycles. The minimum atomic E-state index is -0.303. The molecule has 0 bridgehead atoms. The fraction of sp³-hybridized carbons (Fsp3) is 0.667. The number of rotatable bonds is 2. The van der Waals surface area contributed by atoms with Gasteiger partial charge < -0.3 is 10.5 Å². The van der Waals surface area contributed by atoms with Gasteiger partial charge in [-0.1, -0.05) is 45.4 Å². The molecule has 0 spiro atoms. The average molecular weight is 275 g/mol. The molecular formula is C18H29NO. The molecule has 0 amide bonds. The third-order valence-electron chi connectivity index (χ3n) is 4.44. The first-order chi connectivity index (χ1) is 9.07. The summed E-state index contributed by atoms with van der Waals surface area (Å²) in [6, 6.07) is 6.34. The Balaban J connectivity index is 2.51. The van der Waals surface area contributed by atoms with Crippen molar-refractivity contribution in [3.05, 3.63) is 29.3 Å². The minimum Gasteiger partial charge on any atom is -0.496 e. The van der Waals surface area contributed by atoms with Crippen molar-refractivity contribution in [1.29, 1.82) is 0 Å². The molecule has 0 heterocycles. The van der Waals surface area contributed by atoms with Crippen molar-refractivity contribution in [2.75, 3.05) is 7.11 Å². The van der Waals surface area contributed by atoms with Crippen molar-refractivity contribution in [1.82, 2.24) is 0 Å². The van der Waals surface area contributed by atoms with Crippen LogP contribution in [-0.2, 0) is 5.54 Å². The van der Waals surface area contributed by atoms with Crippen molar-refractivity contribution in [2.45, 2.75) is 59.4 Å². The van der Waals surface area contributed by atoms with Crippen LogP contribution in [0.15, 0.2) is 18.2 Å². The molecule has 0 radical (unpaired) electrons. The number of aryl methyl sites for hydroxylation is 1. The molecule has 0 aromatic heterocycles. The number of nitrogens with two attached hydrogens (primary N) is 1. The van der Waals surface area contributed by atoms with Gasteiger partial charge >= 0.3 is 0 Å². The van der Waals surface area contributed by atoms with Crippen molar-refractivity contribution in [2.24, 2.45) is 16.6 Å². The first-order valence-corrected chi connectivity index (χ1v) is 7.51. The third kappa shape index (κ3) is 3.01. The van der Waals surface area contributed by atoms with Crippen molar-refractivity contribution in [3.8, 4) is 5.75 Å². The lowest BCUT2D eigenvalue weighted by Crippen LogP contribution is -2.50. The summed E-state index contributed by atoms with van der Waals surface area (Å²) in [5, 5.41) is 0. The van der Waals surface area contributed by atoms with Crippen molar-refractivity contribution < 1.29 is 4.74 Å². The van der Waals surface area contributed by atoms with Crippen molar-refractivity contribution in [3.63, 3.8) is 0 Å². The van der Waals surface area contributed by atoms with Crippen molar-refractivity contribution >= 4 is 0 Å². The number of hydrogen-bond acceptors (Lipinski definition) is 2. The molecule has 0 aliphatic heterocycles. The molecule has 112 valence electrons. The minimum absolute atomic E-state index is 0.255. The molecule has 2 N–H and O–H groups in total. The average Bonchev–Trinajstić information content (AvgIpc) is 2.24. The maximum absolute atomic E-state index is 6.90. The highest BCUT2D eigenvalue weighted by Gasteiger charge is 2.47. The van der Waals surface area contributed by atoms with Crippen LogP contribution in [0.2, 0.25) is 0 Å². The quantitative estimate of drug-likeness (QED) is 0.868. The van der Waals surface area contributed by atoms with Gasteiger partial charge in [0.15, 0.2) is 0 Å². The van der Waals surface area contributed by atoms with Crippen LogP contribution in [0, 0.1) is 17.8 Å². The molecule has 0 unspecified atom stereocenters. The van der Waals surface area contributed by atoms with E-state index in [9.17, 15) is 0 Å². The summed E-state index contributed by atoms with van der Waals surface area (Å²) in [7, 11) is 1.73. The van der Waals surface area contributed by atoms with E-state index in [4.69, 9.17) is 10.5 Å². The fourth-order valence-electron chi connectivity index (χ4n) is 4.59. The molecule has 20 heavy (non-hydrogen) atoms. The maximum atomic E-state index is 6.90. The highest BCUT2D eigenvalue weighted by atomic mass is 16.5.